The molecular weight excluding hydrogens is 474 g/mol. The average molecular weight is 482 g/mol. The minimum Gasteiger partial charge on any atom is -0.465 e. The Kier molecular flexibility index (Phi) is 17.0. The minimum atomic E-state index is 0. The van der Waals surface area contributed by atoms with Crippen molar-refractivity contribution in [1.82, 2.24) is 0 Å². The second-order valence-corrected chi connectivity index (χ2v) is 2.30. The Morgan fingerprint density at radius 3 is 2.43 bits per heavy atom. The van der Waals surface area contributed by atoms with Gasteiger partial charge in [0.05, 0.1) is 6.26 Å². The molecule has 0 aromatic heterocycles. The van der Waals surface area contributed by atoms with Crippen molar-refractivity contribution in [2.45, 2.75) is 6.42 Å². The van der Waals surface area contributed by atoms with E-state index in [1.165, 1.54) is 5.56 Å². The first kappa shape index (κ1) is 21.1. The van der Waals surface area contributed by atoms with Crippen LogP contribution in [0.4, 0.5) is 0 Å². The SMILES string of the molecule is C1=COc2ccccc2C1.[Al].[Fe].[Hf].[Y]. The van der Waals surface area contributed by atoms with Crippen LogP contribution < -0.4 is 4.74 Å². The molecule has 0 unspecified atom stereocenters. The van der Waals surface area contributed by atoms with Gasteiger partial charge in [0, 0.05) is 93.0 Å². The first-order chi connectivity index (χ1) is 4.97. The summed E-state index contributed by atoms with van der Waals surface area (Å²) >= 11 is 0. The van der Waals surface area contributed by atoms with Crippen LogP contribution >= 0.6 is 0 Å². The molecular formula is C9H8AlFeHfOY. The largest absolute Gasteiger partial charge is 0.465 e. The molecule has 0 bridgehead atoms. The molecule has 1 aliphatic heterocycles. The van der Waals surface area contributed by atoms with E-state index in [9.17, 15) is 0 Å². The molecule has 1 aromatic carbocycles. The number of hydrogen-bond donors (Lipinski definition) is 0. The second kappa shape index (κ2) is 11.3. The number of benzene rings is 1. The number of para-hydroxylation sites is 1. The maximum Gasteiger partial charge on any atom is 0.130 e. The van der Waals surface area contributed by atoms with Crippen LogP contribution in [0.3, 0.4) is 0 Å². The maximum atomic E-state index is 5.24. The van der Waals surface area contributed by atoms with Crippen molar-refractivity contribution in [3.8, 4) is 5.75 Å². The molecule has 1 nitrogen and oxygen atoms in total. The standard InChI is InChI=1S/C9H8O.Al.Fe.Hf.Y/c1-2-6-9-8(4-1)5-3-7-10-9;;;;/h1-4,6-7H,5H2;;;;. The van der Waals surface area contributed by atoms with Gasteiger partial charge >= 0.3 is 0 Å². The van der Waals surface area contributed by atoms with E-state index < -0.39 is 0 Å². The van der Waals surface area contributed by atoms with E-state index in [-0.39, 0.29) is 93.0 Å². The van der Waals surface area contributed by atoms with Crippen molar-refractivity contribution < 1.29 is 80.4 Å². The zero-order chi connectivity index (χ0) is 6.81. The van der Waals surface area contributed by atoms with E-state index >= 15 is 0 Å². The molecule has 68 valence electrons. The molecule has 0 aliphatic carbocycles. The zero-order valence-electron chi connectivity index (χ0n) is 7.59. The number of fused-ring (bicyclic) bond motifs is 1. The summed E-state index contributed by atoms with van der Waals surface area (Å²) in [5.41, 5.74) is 1.27. The molecule has 0 spiro atoms. The van der Waals surface area contributed by atoms with Crippen molar-refractivity contribution in [2.24, 2.45) is 0 Å². The molecule has 0 amide bonds. The predicted octanol–water partition coefficient (Wildman–Crippen LogP) is 1.75. The van der Waals surface area contributed by atoms with Gasteiger partial charge in [-0.15, -0.1) is 0 Å². The fraction of sp³-hybridized carbons (Fsp3) is 0.111. The van der Waals surface area contributed by atoms with Gasteiger partial charge in [-0.1, -0.05) is 18.2 Å². The van der Waals surface area contributed by atoms with Crippen molar-refractivity contribution in [3.63, 3.8) is 0 Å². The fourth-order valence-corrected chi connectivity index (χ4v) is 1.08. The summed E-state index contributed by atoms with van der Waals surface area (Å²) in [5.74, 6) is 0.991. The average Bonchev–Trinajstić information content (AvgIpc) is 2.05. The Morgan fingerprint density at radius 1 is 1.14 bits per heavy atom. The molecule has 0 saturated carbocycles. The van der Waals surface area contributed by atoms with Gasteiger partial charge in [0.15, 0.2) is 0 Å². The minimum absolute atomic E-state index is 0. The van der Waals surface area contributed by atoms with Crippen LogP contribution in [0.1, 0.15) is 5.56 Å². The summed E-state index contributed by atoms with van der Waals surface area (Å²) in [5, 5.41) is 0. The van der Waals surface area contributed by atoms with Crippen molar-refractivity contribution in [2.75, 3.05) is 0 Å². The molecule has 1 aliphatic rings. The van der Waals surface area contributed by atoms with Crippen LogP contribution in [0.5, 0.6) is 5.75 Å². The van der Waals surface area contributed by atoms with Crippen LogP contribution in [-0.4, -0.2) is 17.4 Å². The van der Waals surface area contributed by atoms with Crippen LogP contribution in [-0.2, 0) is 82.0 Å². The van der Waals surface area contributed by atoms with Crippen LogP contribution in [0, 0.1) is 0 Å². The second-order valence-electron chi connectivity index (χ2n) is 2.30. The summed E-state index contributed by atoms with van der Waals surface area (Å²) in [6, 6.07) is 8.08. The van der Waals surface area contributed by atoms with Gasteiger partial charge in [0.25, 0.3) is 0 Å². The van der Waals surface area contributed by atoms with Gasteiger partial charge < -0.3 is 4.74 Å². The molecule has 0 atom stereocenters. The maximum absolute atomic E-state index is 5.24. The fourth-order valence-electron chi connectivity index (χ4n) is 1.08. The van der Waals surface area contributed by atoms with Crippen LogP contribution in [0.25, 0.3) is 0 Å². The van der Waals surface area contributed by atoms with Crippen molar-refractivity contribution in [1.29, 1.82) is 0 Å². The van der Waals surface area contributed by atoms with E-state index in [0.29, 0.717) is 0 Å². The summed E-state index contributed by atoms with van der Waals surface area (Å²) < 4.78 is 5.24. The smallest absolute Gasteiger partial charge is 0.130 e. The van der Waals surface area contributed by atoms with Crippen LogP contribution in [0.15, 0.2) is 36.6 Å². The number of allylic oxidation sites excluding steroid dienone is 1. The first-order valence-electron chi connectivity index (χ1n) is 3.36. The van der Waals surface area contributed by atoms with E-state index in [2.05, 4.69) is 6.07 Å². The Hall–Kier alpha value is 1.79. The van der Waals surface area contributed by atoms with E-state index in [1.54, 1.807) is 6.26 Å². The molecule has 14 heavy (non-hydrogen) atoms. The normalized spacial score (nSPS) is 10.0. The first-order valence-corrected chi connectivity index (χ1v) is 3.36. The summed E-state index contributed by atoms with van der Waals surface area (Å²) in [4.78, 5) is 0. The molecule has 1 aromatic rings. The number of hydrogen-bond acceptors (Lipinski definition) is 1. The van der Waals surface area contributed by atoms with Gasteiger partial charge in [-0.05, 0) is 24.1 Å². The molecule has 0 N–H and O–H groups in total. The van der Waals surface area contributed by atoms with E-state index in [0.717, 1.165) is 12.2 Å². The Balaban J connectivity index is -0.000000302. The van der Waals surface area contributed by atoms with Crippen LogP contribution in [0.2, 0.25) is 0 Å². The summed E-state index contributed by atoms with van der Waals surface area (Å²) in [7, 11) is 0. The molecule has 5 heteroatoms. The number of rotatable bonds is 0. The van der Waals surface area contributed by atoms with E-state index in [1.807, 2.05) is 24.3 Å². The van der Waals surface area contributed by atoms with Gasteiger partial charge in [-0.25, -0.2) is 0 Å². The summed E-state index contributed by atoms with van der Waals surface area (Å²) in [6.07, 6.45) is 4.75. The van der Waals surface area contributed by atoms with Crippen molar-refractivity contribution >= 4 is 17.4 Å². The molecule has 0 fully saturated rings. The quantitative estimate of drug-likeness (QED) is 0.513. The molecule has 0 saturated heterocycles. The third-order valence-electron chi connectivity index (χ3n) is 1.60. The predicted molar refractivity (Wildman–Crippen MR) is 45.7 cm³/mol. The van der Waals surface area contributed by atoms with Gasteiger partial charge in [0.1, 0.15) is 5.75 Å². The molecule has 2 rings (SSSR count). The van der Waals surface area contributed by atoms with Crippen molar-refractivity contribution in [3.05, 3.63) is 42.2 Å². The Bertz CT molecular complexity index is 256. The third-order valence-corrected chi connectivity index (χ3v) is 1.60. The topological polar surface area (TPSA) is 9.23 Å². The van der Waals surface area contributed by atoms with E-state index in [4.69, 9.17) is 4.74 Å². The Morgan fingerprint density at radius 2 is 1.79 bits per heavy atom. The Labute approximate surface area is 150 Å². The monoisotopic (exact) mass is 484 g/mol. The van der Waals surface area contributed by atoms with Gasteiger partial charge in [-0.3, -0.25) is 0 Å². The summed E-state index contributed by atoms with van der Waals surface area (Å²) in [6.45, 7) is 0. The third kappa shape index (κ3) is 5.76. The number of ether oxygens (including phenoxy) is 1. The molecule has 1 heterocycles. The van der Waals surface area contributed by atoms with Gasteiger partial charge in [0.2, 0.25) is 0 Å². The van der Waals surface area contributed by atoms with Gasteiger partial charge in [-0.2, -0.15) is 0 Å². The molecule has 4 radical (unpaired) electrons. The zero-order valence-corrected chi connectivity index (χ0v) is 16.3.